The van der Waals surface area contributed by atoms with Gasteiger partial charge >= 0.3 is 5.69 Å². The van der Waals surface area contributed by atoms with Crippen LogP contribution in [0.5, 0.6) is 0 Å². The molecule has 0 saturated carbocycles. The van der Waals surface area contributed by atoms with Gasteiger partial charge in [-0.25, -0.2) is 4.79 Å². The van der Waals surface area contributed by atoms with E-state index in [2.05, 4.69) is 25.8 Å². The lowest BCUT2D eigenvalue weighted by atomic mass is 10.0. The van der Waals surface area contributed by atoms with Crippen LogP contribution < -0.4 is 21.6 Å². The molecule has 2 amide bonds. The van der Waals surface area contributed by atoms with Crippen LogP contribution in [0.25, 0.3) is 11.0 Å². The van der Waals surface area contributed by atoms with E-state index in [0.717, 1.165) is 29.4 Å². The van der Waals surface area contributed by atoms with Gasteiger partial charge in [0.2, 0.25) is 11.8 Å². The number of imidazole rings is 1. The fraction of sp³-hybridized carbons (Fsp3) is 0.385. The lowest BCUT2D eigenvalue weighted by Gasteiger charge is -2.35. The Labute approximate surface area is 215 Å². The summed E-state index contributed by atoms with van der Waals surface area (Å²) >= 11 is 5.70. The summed E-state index contributed by atoms with van der Waals surface area (Å²) < 4.78 is 1.85. The molecule has 0 radical (unpaired) electrons. The summed E-state index contributed by atoms with van der Waals surface area (Å²) in [6.07, 6.45) is 2.03. The van der Waals surface area contributed by atoms with Gasteiger partial charge in [-0.2, -0.15) is 0 Å². The molecule has 1 atom stereocenters. The standard InChI is InChI=1S/C26H32N6O3S/c1-18(33)27-13-14-28-24(34)22(17-19-7-3-2-4-8-19)30-26(36)31-15-11-20(12-16-31)32-23-10-6-5-9-21(23)29-25(32)35/h2-10,20,22H,11-17H2,1H3,(H,27,33)(H,28,34)(H,29,35)(H,30,36). The van der Waals surface area contributed by atoms with Crippen LogP contribution in [0.4, 0.5) is 0 Å². The maximum atomic E-state index is 13.0. The number of likely N-dealkylation sites (tertiary alicyclic amines) is 1. The van der Waals surface area contributed by atoms with Crippen LogP contribution >= 0.6 is 12.2 Å². The second-order valence-corrected chi connectivity index (χ2v) is 9.39. The van der Waals surface area contributed by atoms with Crippen molar-refractivity contribution in [2.75, 3.05) is 26.2 Å². The quantitative estimate of drug-likeness (QED) is 0.272. The first-order chi connectivity index (χ1) is 17.4. The van der Waals surface area contributed by atoms with Crippen molar-refractivity contribution in [1.82, 2.24) is 30.4 Å². The molecule has 3 aromatic rings. The molecule has 10 heteroatoms. The first kappa shape index (κ1) is 25.4. The number of carbonyl (C=O) groups excluding carboxylic acids is 2. The summed E-state index contributed by atoms with van der Waals surface area (Å²) in [5, 5.41) is 9.34. The maximum Gasteiger partial charge on any atom is 0.326 e. The minimum atomic E-state index is -0.550. The molecule has 9 nitrogen and oxygen atoms in total. The van der Waals surface area contributed by atoms with Gasteiger partial charge in [-0.1, -0.05) is 42.5 Å². The maximum absolute atomic E-state index is 13.0. The number of rotatable bonds is 8. The Morgan fingerprint density at radius 2 is 1.69 bits per heavy atom. The summed E-state index contributed by atoms with van der Waals surface area (Å²) in [6, 6.07) is 17.0. The van der Waals surface area contributed by atoms with Crippen molar-refractivity contribution in [3.63, 3.8) is 0 Å². The van der Waals surface area contributed by atoms with Gasteiger partial charge in [-0.05, 0) is 42.8 Å². The van der Waals surface area contributed by atoms with Crippen molar-refractivity contribution in [1.29, 1.82) is 0 Å². The molecule has 0 spiro atoms. The zero-order valence-electron chi connectivity index (χ0n) is 20.3. The fourth-order valence-electron chi connectivity index (χ4n) is 4.61. The van der Waals surface area contributed by atoms with Gasteiger partial charge in [-0.15, -0.1) is 0 Å². The minimum Gasteiger partial charge on any atom is -0.355 e. The molecule has 36 heavy (non-hydrogen) atoms. The number of nitrogens with one attached hydrogen (secondary N) is 4. The van der Waals surface area contributed by atoms with E-state index in [1.54, 1.807) is 0 Å². The Hall–Kier alpha value is -3.66. The third-order valence-electron chi connectivity index (χ3n) is 6.44. The van der Waals surface area contributed by atoms with Gasteiger partial charge < -0.3 is 25.8 Å². The first-order valence-electron chi connectivity index (χ1n) is 12.2. The molecule has 190 valence electrons. The number of aromatic amines is 1. The summed E-state index contributed by atoms with van der Waals surface area (Å²) in [7, 11) is 0. The molecule has 0 aliphatic carbocycles. The molecular weight excluding hydrogens is 476 g/mol. The average Bonchev–Trinajstić information content (AvgIpc) is 3.22. The van der Waals surface area contributed by atoms with E-state index in [0.29, 0.717) is 37.7 Å². The molecule has 1 unspecified atom stereocenters. The molecule has 4 N–H and O–H groups in total. The monoisotopic (exact) mass is 508 g/mol. The molecule has 1 aliphatic heterocycles. The number of carbonyl (C=O) groups is 2. The third kappa shape index (κ3) is 6.31. The SMILES string of the molecule is CC(=O)NCCNC(=O)C(Cc1ccccc1)NC(=S)N1CCC(n2c(=O)[nH]c3ccccc32)CC1. The van der Waals surface area contributed by atoms with Gasteiger partial charge in [-0.3, -0.25) is 14.2 Å². The van der Waals surface area contributed by atoms with E-state index in [1.807, 2.05) is 59.2 Å². The third-order valence-corrected chi connectivity index (χ3v) is 6.81. The zero-order chi connectivity index (χ0) is 25.5. The Kier molecular flexibility index (Phi) is 8.37. The Morgan fingerprint density at radius 1 is 1.03 bits per heavy atom. The molecule has 0 bridgehead atoms. The lowest BCUT2D eigenvalue weighted by molar-refractivity contribution is -0.123. The first-order valence-corrected chi connectivity index (χ1v) is 12.6. The number of hydrogen-bond donors (Lipinski definition) is 4. The van der Waals surface area contributed by atoms with Crippen molar-refractivity contribution in [3.8, 4) is 0 Å². The zero-order valence-corrected chi connectivity index (χ0v) is 21.1. The van der Waals surface area contributed by atoms with Crippen molar-refractivity contribution in [2.24, 2.45) is 0 Å². The number of hydrogen-bond acceptors (Lipinski definition) is 4. The Morgan fingerprint density at radius 3 is 2.42 bits per heavy atom. The molecular formula is C26H32N6O3S. The van der Waals surface area contributed by atoms with Crippen LogP contribution in [-0.2, 0) is 16.0 Å². The fourth-order valence-corrected chi connectivity index (χ4v) is 4.94. The van der Waals surface area contributed by atoms with Crippen molar-refractivity contribution >= 4 is 40.2 Å². The average molecular weight is 509 g/mol. The normalized spacial score (nSPS) is 14.9. The largest absolute Gasteiger partial charge is 0.355 e. The highest BCUT2D eigenvalue weighted by atomic mass is 32.1. The smallest absolute Gasteiger partial charge is 0.326 e. The Balaban J connectivity index is 1.37. The van der Waals surface area contributed by atoms with Crippen molar-refractivity contribution < 1.29 is 9.59 Å². The summed E-state index contributed by atoms with van der Waals surface area (Å²) in [5.41, 5.74) is 2.69. The van der Waals surface area contributed by atoms with Crippen molar-refractivity contribution in [3.05, 3.63) is 70.6 Å². The van der Waals surface area contributed by atoms with Crippen LogP contribution in [0.1, 0.15) is 31.4 Å². The van der Waals surface area contributed by atoms with Crippen LogP contribution in [0.3, 0.4) is 0 Å². The Bertz CT molecular complexity index is 1260. The highest BCUT2D eigenvalue weighted by Crippen LogP contribution is 2.25. The van der Waals surface area contributed by atoms with Crippen LogP contribution in [-0.4, -0.2) is 63.6 Å². The number of piperidine rings is 1. The molecule has 2 heterocycles. The number of H-pyrrole nitrogens is 1. The van der Waals surface area contributed by atoms with Gasteiger partial charge in [0.25, 0.3) is 0 Å². The summed E-state index contributed by atoms with van der Waals surface area (Å²) in [4.78, 5) is 41.6. The molecule has 1 saturated heterocycles. The number of aromatic nitrogens is 2. The number of benzene rings is 2. The number of fused-ring (bicyclic) bond motifs is 1. The predicted octanol–water partition coefficient (Wildman–Crippen LogP) is 1.70. The van der Waals surface area contributed by atoms with E-state index < -0.39 is 6.04 Å². The lowest BCUT2D eigenvalue weighted by Crippen LogP contribution is -2.54. The summed E-state index contributed by atoms with van der Waals surface area (Å²) in [5.74, 6) is -0.311. The van der Waals surface area contributed by atoms with Crippen LogP contribution in [0, 0.1) is 0 Å². The minimum absolute atomic E-state index is 0.0879. The van der Waals surface area contributed by atoms with Crippen molar-refractivity contribution in [2.45, 2.75) is 38.3 Å². The number of nitrogens with zero attached hydrogens (tertiary/aromatic N) is 2. The molecule has 1 aliphatic rings. The van der Waals surface area contributed by atoms with Gasteiger partial charge in [0, 0.05) is 45.6 Å². The van der Waals surface area contributed by atoms with Crippen LogP contribution in [0.2, 0.25) is 0 Å². The highest BCUT2D eigenvalue weighted by molar-refractivity contribution is 7.80. The topological polar surface area (TPSA) is 111 Å². The number of thiocarbonyl (C=S) groups is 1. The van der Waals surface area contributed by atoms with E-state index in [-0.39, 0.29) is 23.5 Å². The second kappa shape index (κ2) is 11.9. The predicted molar refractivity (Wildman–Crippen MR) is 144 cm³/mol. The highest BCUT2D eigenvalue weighted by Gasteiger charge is 2.27. The molecule has 4 rings (SSSR count). The van der Waals surface area contributed by atoms with E-state index in [9.17, 15) is 14.4 Å². The molecule has 1 fully saturated rings. The molecule has 2 aromatic carbocycles. The van der Waals surface area contributed by atoms with Gasteiger partial charge in [0.05, 0.1) is 11.0 Å². The van der Waals surface area contributed by atoms with E-state index >= 15 is 0 Å². The second-order valence-electron chi connectivity index (χ2n) is 9.00. The number of para-hydroxylation sites is 2. The van der Waals surface area contributed by atoms with Gasteiger partial charge in [0.15, 0.2) is 5.11 Å². The van der Waals surface area contributed by atoms with E-state index in [1.165, 1.54) is 6.92 Å². The molecule has 1 aromatic heterocycles. The number of amides is 2. The summed E-state index contributed by atoms with van der Waals surface area (Å²) in [6.45, 7) is 3.51. The van der Waals surface area contributed by atoms with E-state index in [4.69, 9.17) is 12.2 Å². The van der Waals surface area contributed by atoms with Gasteiger partial charge in [0.1, 0.15) is 6.04 Å². The van der Waals surface area contributed by atoms with Crippen LogP contribution in [0.15, 0.2) is 59.4 Å².